The second kappa shape index (κ2) is 5.36. The van der Waals surface area contributed by atoms with Gasteiger partial charge in [0, 0.05) is 5.54 Å². The highest BCUT2D eigenvalue weighted by Crippen LogP contribution is 2.28. The maximum Gasteiger partial charge on any atom is 0.228 e. The van der Waals surface area contributed by atoms with Gasteiger partial charge in [-0.15, -0.1) is 6.42 Å². The Morgan fingerprint density at radius 2 is 1.94 bits per heavy atom. The molecule has 1 unspecified atom stereocenters. The van der Waals surface area contributed by atoms with Gasteiger partial charge < -0.3 is 11.1 Å². The molecule has 0 heterocycles. The number of carbonyl (C=O) groups excluding carboxylic acids is 1. The fourth-order valence-electron chi connectivity index (χ4n) is 1.12. The summed E-state index contributed by atoms with van der Waals surface area (Å²) in [7, 11) is 0. The van der Waals surface area contributed by atoms with Gasteiger partial charge in [-0.1, -0.05) is 19.3 Å². The van der Waals surface area contributed by atoms with E-state index in [9.17, 15) is 4.79 Å². The Labute approximate surface area is 99.2 Å². The van der Waals surface area contributed by atoms with Crippen LogP contribution < -0.4 is 11.1 Å². The molecule has 0 bridgehead atoms. The Hall–Kier alpha value is -1.01. The molecule has 0 saturated heterocycles. The summed E-state index contributed by atoms with van der Waals surface area (Å²) in [6, 6.07) is -0.195. The molecule has 0 aromatic heterocycles. The molecule has 0 spiro atoms. The average molecular weight is 224 g/mol. The SMILES string of the molecule is C#CC(CCC)NC(=O)C(C)(C)C(C)(C)N. The molecule has 0 fully saturated rings. The summed E-state index contributed by atoms with van der Waals surface area (Å²) in [6.45, 7) is 9.40. The smallest absolute Gasteiger partial charge is 0.228 e. The largest absolute Gasteiger partial charge is 0.342 e. The molecule has 92 valence electrons. The molecular formula is C13H24N2O. The Bertz CT molecular complexity index is 281. The third-order valence-corrected chi connectivity index (χ3v) is 3.26. The van der Waals surface area contributed by atoms with Crippen LogP contribution in [0.5, 0.6) is 0 Å². The molecule has 0 aliphatic carbocycles. The van der Waals surface area contributed by atoms with Crippen molar-refractivity contribution in [3.05, 3.63) is 0 Å². The van der Waals surface area contributed by atoms with Gasteiger partial charge in [-0.3, -0.25) is 4.79 Å². The van der Waals surface area contributed by atoms with Crippen molar-refractivity contribution in [1.29, 1.82) is 0 Å². The minimum Gasteiger partial charge on any atom is -0.342 e. The van der Waals surface area contributed by atoms with Crippen LogP contribution in [0.3, 0.4) is 0 Å². The van der Waals surface area contributed by atoms with Crippen molar-refractivity contribution in [2.24, 2.45) is 11.1 Å². The van der Waals surface area contributed by atoms with Gasteiger partial charge in [-0.05, 0) is 34.1 Å². The lowest BCUT2D eigenvalue weighted by Crippen LogP contribution is -2.56. The van der Waals surface area contributed by atoms with E-state index < -0.39 is 11.0 Å². The van der Waals surface area contributed by atoms with Crippen molar-refractivity contribution < 1.29 is 4.79 Å². The summed E-state index contributed by atoms with van der Waals surface area (Å²) in [4.78, 5) is 12.1. The maximum absolute atomic E-state index is 12.1. The predicted octanol–water partition coefficient (Wildman–Crippen LogP) is 1.67. The topological polar surface area (TPSA) is 55.1 Å². The van der Waals surface area contributed by atoms with Crippen molar-refractivity contribution in [3.8, 4) is 12.3 Å². The first-order valence-corrected chi connectivity index (χ1v) is 5.72. The molecule has 0 radical (unpaired) electrons. The number of nitrogens with one attached hydrogen (secondary N) is 1. The second-order valence-corrected chi connectivity index (χ2v) is 5.33. The van der Waals surface area contributed by atoms with E-state index in [1.807, 2.05) is 34.6 Å². The molecule has 0 aliphatic heterocycles. The summed E-state index contributed by atoms with van der Waals surface area (Å²) in [6.07, 6.45) is 7.10. The first-order valence-electron chi connectivity index (χ1n) is 5.72. The third-order valence-electron chi connectivity index (χ3n) is 3.26. The standard InChI is InChI=1S/C13H24N2O/c1-7-9-10(8-2)15-11(16)12(3,4)13(5,6)14/h2,10H,7,9,14H2,1,3-6H3,(H,15,16). The number of hydrogen-bond donors (Lipinski definition) is 2. The summed E-state index contributed by atoms with van der Waals surface area (Å²) in [5, 5.41) is 2.86. The van der Waals surface area contributed by atoms with Gasteiger partial charge in [0.05, 0.1) is 11.5 Å². The summed E-state index contributed by atoms with van der Waals surface area (Å²) >= 11 is 0. The van der Waals surface area contributed by atoms with Gasteiger partial charge >= 0.3 is 0 Å². The summed E-state index contributed by atoms with van der Waals surface area (Å²) < 4.78 is 0. The number of carbonyl (C=O) groups is 1. The highest BCUT2D eigenvalue weighted by atomic mass is 16.2. The first kappa shape index (κ1) is 15.0. The lowest BCUT2D eigenvalue weighted by atomic mass is 9.74. The molecule has 0 saturated carbocycles. The molecule has 1 amide bonds. The number of nitrogens with two attached hydrogens (primary N) is 1. The Morgan fingerprint density at radius 3 is 2.25 bits per heavy atom. The average Bonchev–Trinajstić information content (AvgIpc) is 2.15. The number of amides is 1. The Morgan fingerprint density at radius 1 is 1.44 bits per heavy atom. The molecule has 3 N–H and O–H groups in total. The molecule has 16 heavy (non-hydrogen) atoms. The van der Waals surface area contributed by atoms with E-state index in [4.69, 9.17) is 12.2 Å². The van der Waals surface area contributed by atoms with Crippen molar-refractivity contribution in [3.63, 3.8) is 0 Å². The van der Waals surface area contributed by atoms with E-state index in [1.165, 1.54) is 0 Å². The quantitative estimate of drug-likeness (QED) is 0.698. The van der Waals surface area contributed by atoms with E-state index in [0.29, 0.717) is 0 Å². The van der Waals surface area contributed by atoms with Crippen LogP contribution in [0.2, 0.25) is 0 Å². The van der Waals surface area contributed by atoms with E-state index in [-0.39, 0.29) is 11.9 Å². The zero-order chi connectivity index (χ0) is 13.0. The van der Waals surface area contributed by atoms with Crippen molar-refractivity contribution in [2.75, 3.05) is 0 Å². The van der Waals surface area contributed by atoms with Crippen LogP contribution in [0.4, 0.5) is 0 Å². The van der Waals surface area contributed by atoms with Crippen molar-refractivity contribution in [1.82, 2.24) is 5.32 Å². The molecule has 3 nitrogen and oxygen atoms in total. The highest BCUT2D eigenvalue weighted by Gasteiger charge is 2.40. The van der Waals surface area contributed by atoms with E-state index in [0.717, 1.165) is 12.8 Å². The summed E-state index contributed by atoms with van der Waals surface area (Å²) in [5.41, 5.74) is 4.77. The molecule has 0 aromatic rings. The van der Waals surface area contributed by atoms with Gasteiger partial charge in [0.1, 0.15) is 0 Å². The number of rotatable bonds is 5. The third kappa shape index (κ3) is 3.53. The summed E-state index contributed by atoms with van der Waals surface area (Å²) in [5.74, 6) is 2.50. The molecule has 3 heteroatoms. The van der Waals surface area contributed by atoms with Gasteiger partial charge in [0.15, 0.2) is 0 Å². The zero-order valence-electron chi connectivity index (χ0n) is 11.1. The van der Waals surface area contributed by atoms with Gasteiger partial charge in [-0.25, -0.2) is 0 Å². The maximum atomic E-state index is 12.1. The predicted molar refractivity (Wildman–Crippen MR) is 67.7 cm³/mol. The van der Waals surface area contributed by atoms with Gasteiger partial charge in [-0.2, -0.15) is 0 Å². The van der Waals surface area contributed by atoms with Crippen LogP contribution in [0.25, 0.3) is 0 Å². The van der Waals surface area contributed by atoms with E-state index in [2.05, 4.69) is 11.2 Å². The molecule has 0 aromatic carbocycles. The molecule has 0 rings (SSSR count). The Balaban J connectivity index is 4.64. The lowest BCUT2D eigenvalue weighted by Gasteiger charge is -2.37. The van der Waals surface area contributed by atoms with E-state index >= 15 is 0 Å². The molecule has 1 atom stereocenters. The van der Waals surface area contributed by atoms with Crippen LogP contribution >= 0.6 is 0 Å². The highest BCUT2D eigenvalue weighted by molar-refractivity contribution is 5.83. The number of terminal acetylenes is 1. The minimum atomic E-state index is -0.643. The van der Waals surface area contributed by atoms with Crippen LogP contribution in [0, 0.1) is 17.8 Å². The fraction of sp³-hybridized carbons (Fsp3) is 0.769. The van der Waals surface area contributed by atoms with Crippen LogP contribution in [0.1, 0.15) is 47.5 Å². The lowest BCUT2D eigenvalue weighted by molar-refractivity contribution is -0.132. The number of hydrogen-bond acceptors (Lipinski definition) is 2. The zero-order valence-corrected chi connectivity index (χ0v) is 11.1. The first-order chi connectivity index (χ1) is 7.16. The Kier molecular flexibility index (Phi) is 5.02. The normalized spacial score (nSPS) is 14.1. The van der Waals surface area contributed by atoms with Crippen LogP contribution in [-0.4, -0.2) is 17.5 Å². The monoisotopic (exact) mass is 224 g/mol. The van der Waals surface area contributed by atoms with E-state index in [1.54, 1.807) is 0 Å². The second-order valence-electron chi connectivity index (χ2n) is 5.33. The van der Waals surface area contributed by atoms with Crippen molar-refractivity contribution in [2.45, 2.75) is 59.0 Å². The van der Waals surface area contributed by atoms with Gasteiger partial charge in [0.25, 0.3) is 0 Å². The van der Waals surface area contributed by atoms with Crippen LogP contribution in [-0.2, 0) is 4.79 Å². The van der Waals surface area contributed by atoms with Gasteiger partial charge in [0.2, 0.25) is 5.91 Å². The fourth-order valence-corrected chi connectivity index (χ4v) is 1.12. The van der Waals surface area contributed by atoms with Crippen LogP contribution in [0.15, 0.2) is 0 Å². The minimum absolute atomic E-state index is 0.0867. The molecular weight excluding hydrogens is 200 g/mol. The van der Waals surface area contributed by atoms with Crippen molar-refractivity contribution >= 4 is 5.91 Å². The molecule has 0 aliphatic rings.